The van der Waals surface area contributed by atoms with Gasteiger partial charge in [0, 0.05) is 24.0 Å². The van der Waals surface area contributed by atoms with Gasteiger partial charge in [0.15, 0.2) is 0 Å². The van der Waals surface area contributed by atoms with Crippen molar-refractivity contribution in [2.75, 3.05) is 17.2 Å². The lowest BCUT2D eigenvalue weighted by molar-refractivity contribution is 0.590. The van der Waals surface area contributed by atoms with Gasteiger partial charge in [0.1, 0.15) is 5.82 Å². The van der Waals surface area contributed by atoms with Crippen LogP contribution in [0, 0.1) is 6.92 Å². The van der Waals surface area contributed by atoms with E-state index in [9.17, 15) is 0 Å². The zero-order chi connectivity index (χ0) is 19.3. The monoisotopic (exact) mass is 360 g/mol. The third-order valence-corrected chi connectivity index (χ3v) is 4.42. The molecule has 1 heterocycles. The van der Waals surface area contributed by atoms with Gasteiger partial charge in [-0.05, 0) is 42.0 Å². The Kier molecular flexibility index (Phi) is 5.75. The number of nitrogens with zero attached hydrogens (tertiary/aromatic N) is 2. The van der Waals surface area contributed by atoms with Crippen LogP contribution in [0.25, 0.3) is 0 Å². The highest BCUT2D eigenvalue weighted by Gasteiger charge is 2.13. The number of hydrogen-bond donors (Lipinski definition) is 2. The molecule has 140 valence electrons. The van der Waals surface area contributed by atoms with Crippen molar-refractivity contribution in [3.63, 3.8) is 0 Å². The lowest BCUT2D eigenvalue weighted by Crippen LogP contribution is -2.11. The summed E-state index contributed by atoms with van der Waals surface area (Å²) < 4.78 is 0. The molecule has 0 radical (unpaired) electrons. The number of aromatic nitrogens is 2. The normalized spacial score (nSPS) is 11.3. The van der Waals surface area contributed by atoms with E-state index < -0.39 is 0 Å². The average molecular weight is 361 g/mol. The van der Waals surface area contributed by atoms with E-state index in [2.05, 4.69) is 89.9 Å². The summed E-state index contributed by atoms with van der Waals surface area (Å²) in [5.41, 5.74) is 4.72. The molecule has 0 unspecified atom stereocenters. The van der Waals surface area contributed by atoms with Crippen LogP contribution < -0.4 is 10.6 Å². The standard InChI is InChI=1S/C23H28N4/c1-17-16-21(26-20-12-10-19(11-13-20)23(2,3)4)27-22(25-17)24-15-14-18-8-6-5-7-9-18/h5-13,16H,14-15H2,1-4H3,(H2,24,25,26,27). The fourth-order valence-electron chi connectivity index (χ4n) is 2.88. The molecule has 2 N–H and O–H groups in total. The van der Waals surface area contributed by atoms with Gasteiger partial charge in [0.2, 0.25) is 5.95 Å². The second kappa shape index (κ2) is 8.21. The Labute approximate surface area is 162 Å². The molecule has 0 atom stereocenters. The third-order valence-electron chi connectivity index (χ3n) is 4.42. The van der Waals surface area contributed by atoms with E-state index in [0.29, 0.717) is 5.95 Å². The van der Waals surface area contributed by atoms with Crippen LogP contribution in [0.4, 0.5) is 17.5 Å². The van der Waals surface area contributed by atoms with Gasteiger partial charge in [-0.15, -0.1) is 0 Å². The van der Waals surface area contributed by atoms with E-state index in [1.807, 2.05) is 19.1 Å². The molecule has 0 aliphatic carbocycles. The molecule has 0 aliphatic heterocycles. The molecule has 4 nitrogen and oxygen atoms in total. The van der Waals surface area contributed by atoms with Crippen LogP contribution >= 0.6 is 0 Å². The van der Waals surface area contributed by atoms with Crippen LogP contribution in [0.1, 0.15) is 37.6 Å². The summed E-state index contributed by atoms with van der Waals surface area (Å²) in [7, 11) is 0. The predicted molar refractivity (Wildman–Crippen MR) is 114 cm³/mol. The fourth-order valence-corrected chi connectivity index (χ4v) is 2.88. The third kappa shape index (κ3) is 5.55. The van der Waals surface area contributed by atoms with Crippen LogP contribution in [0.5, 0.6) is 0 Å². The number of nitrogens with one attached hydrogen (secondary N) is 2. The summed E-state index contributed by atoms with van der Waals surface area (Å²) in [4.78, 5) is 9.09. The highest BCUT2D eigenvalue weighted by Crippen LogP contribution is 2.24. The summed E-state index contributed by atoms with van der Waals surface area (Å²) in [6, 6.07) is 20.9. The molecular formula is C23H28N4. The molecule has 0 bridgehead atoms. The van der Waals surface area contributed by atoms with Crippen molar-refractivity contribution in [3.05, 3.63) is 77.5 Å². The van der Waals surface area contributed by atoms with Gasteiger partial charge in [-0.2, -0.15) is 4.98 Å². The van der Waals surface area contributed by atoms with Crippen molar-refractivity contribution in [2.24, 2.45) is 0 Å². The van der Waals surface area contributed by atoms with E-state index in [0.717, 1.165) is 30.2 Å². The summed E-state index contributed by atoms with van der Waals surface area (Å²) in [6.45, 7) is 9.44. The van der Waals surface area contributed by atoms with E-state index in [4.69, 9.17) is 0 Å². The van der Waals surface area contributed by atoms with Crippen molar-refractivity contribution in [1.82, 2.24) is 9.97 Å². The van der Waals surface area contributed by atoms with E-state index in [1.165, 1.54) is 11.1 Å². The number of hydrogen-bond acceptors (Lipinski definition) is 4. The molecular weight excluding hydrogens is 332 g/mol. The molecule has 27 heavy (non-hydrogen) atoms. The van der Waals surface area contributed by atoms with Crippen molar-refractivity contribution < 1.29 is 0 Å². The Bertz CT molecular complexity index is 865. The second-order valence-electron chi connectivity index (χ2n) is 7.83. The predicted octanol–water partition coefficient (Wildman–Crippen LogP) is 5.48. The molecule has 3 rings (SSSR count). The van der Waals surface area contributed by atoms with Gasteiger partial charge in [0.25, 0.3) is 0 Å². The van der Waals surface area contributed by atoms with Gasteiger partial charge < -0.3 is 10.6 Å². The van der Waals surface area contributed by atoms with Crippen LogP contribution in [0.3, 0.4) is 0 Å². The maximum atomic E-state index is 4.60. The number of benzene rings is 2. The first-order valence-electron chi connectivity index (χ1n) is 9.41. The minimum atomic E-state index is 0.153. The molecule has 0 amide bonds. The lowest BCUT2D eigenvalue weighted by atomic mass is 9.87. The topological polar surface area (TPSA) is 49.8 Å². The summed E-state index contributed by atoms with van der Waals surface area (Å²) in [5, 5.41) is 6.71. The molecule has 0 saturated carbocycles. The molecule has 2 aromatic carbocycles. The molecule has 0 spiro atoms. The van der Waals surface area contributed by atoms with E-state index in [1.54, 1.807) is 0 Å². The van der Waals surface area contributed by atoms with Crippen LogP contribution in [0.2, 0.25) is 0 Å². The Hall–Kier alpha value is -2.88. The summed E-state index contributed by atoms with van der Waals surface area (Å²) in [5.74, 6) is 1.45. The molecule has 0 aliphatic rings. The molecule has 0 saturated heterocycles. The summed E-state index contributed by atoms with van der Waals surface area (Å²) in [6.07, 6.45) is 0.940. The average Bonchev–Trinajstić information content (AvgIpc) is 2.62. The Balaban J connectivity index is 1.64. The van der Waals surface area contributed by atoms with Gasteiger partial charge in [0.05, 0.1) is 0 Å². The smallest absolute Gasteiger partial charge is 0.224 e. The molecule has 0 fully saturated rings. The first-order valence-corrected chi connectivity index (χ1v) is 9.41. The largest absolute Gasteiger partial charge is 0.354 e. The zero-order valence-electron chi connectivity index (χ0n) is 16.6. The highest BCUT2D eigenvalue weighted by molar-refractivity contribution is 5.58. The highest BCUT2D eigenvalue weighted by atomic mass is 15.1. The number of anilines is 3. The van der Waals surface area contributed by atoms with E-state index in [-0.39, 0.29) is 5.41 Å². The quantitative estimate of drug-likeness (QED) is 0.611. The van der Waals surface area contributed by atoms with Gasteiger partial charge in [-0.25, -0.2) is 4.98 Å². The molecule has 4 heteroatoms. The SMILES string of the molecule is Cc1cc(Nc2ccc(C(C)(C)C)cc2)nc(NCCc2ccccc2)n1. The van der Waals surface area contributed by atoms with Crippen molar-refractivity contribution in [2.45, 2.75) is 39.5 Å². The van der Waals surface area contributed by atoms with Gasteiger partial charge in [-0.3, -0.25) is 0 Å². The van der Waals surface area contributed by atoms with Crippen LogP contribution in [-0.2, 0) is 11.8 Å². The number of aryl methyl sites for hydroxylation is 1. The lowest BCUT2D eigenvalue weighted by Gasteiger charge is -2.19. The first kappa shape index (κ1) is 18.9. The minimum Gasteiger partial charge on any atom is -0.354 e. The van der Waals surface area contributed by atoms with Gasteiger partial charge >= 0.3 is 0 Å². The van der Waals surface area contributed by atoms with E-state index >= 15 is 0 Å². The molecule has 3 aromatic rings. The van der Waals surface area contributed by atoms with Crippen molar-refractivity contribution in [3.8, 4) is 0 Å². The summed E-state index contributed by atoms with van der Waals surface area (Å²) >= 11 is 0. The maximum absolute atomic E-state index is 4.60. The minimum absolute atomic E-state index is 0.153. The fraction of sp³-hybridized carbons (Fsp3) is 0.304. The zero-order valence-corrected chi connectivity index (χ0v) is 16.6. The second-order valence-corrected chi connectivity index (χ2v) is 7.83. The molecule has 1 aromatic heterocycles. The van der Waals surface area contributed by atoms with Crippen LogP contribution in [-0.4, -0.2) is 16.5 Å². The Morgan fingerprint density at radius 1 is 0.889 bits per heavy atom. The van der Waals surface area contributed by atoms with Crippen molar-refractivity contribution in [1.29, 1.82) is 0 Å². The van der Waals surface area contributed by atoms with Crippen LogP contribution in [0.15, 0.2) is 60.7 Å². The van der Waals surface area contributed by atoms with Gasteiger partial charge in [-0.1, -0.05) is 63.2 Å². The number of rotatable bonds is 6. The first-order chi connectivity index (χ1) is 12.9. The Morgan fingerprint density at radius 3 is 2.26 bits per heavy atom. The van der Waals surface area contributed by atoms with Crippen molar-refractivity contribution >= 4 is 17.5 Å². The Morgan fingerprint density at radius 2 is 1.59 bits per heavy atom. The maximum Gasteiger partial charge on any atom is 0.224 e.